The molecule has 0 radical (unpaired) electrons. The van der Waals surface area contributed by atoms with Gasteiger partial charge in [0, 0.05) is 58.7 Å². The molecular formula is C22H31N5. The van der Waals surface area contributed by atoms with Gasteiger partial charge in [-0.2, -0.15) is 0 Å². The number of nitrogens with zero attached hydrogens (tertiary/aromatic N) is 4. The lowest BCUT2D eigenvalue weighted by molar-refractivity contribution is 0.172. The van der Waals surface area contributed by atoms with Crippen molar-refractivity contribution in [2.24, 2.45) is 4.99 Å². The zero-order chi connectivity index (χ0) is 19.1. The number of aryl methyl sites for hydroxylation is 2. The summed E-state index contributed by atoms with van der Waals surface area (Å²) in [5.74, 6) is 1.01. The molecule has 5 heteroatoms. The summed E-state index contributed by atoms with van der Waals surface area (Å²) in [6, 6.07) is 10.9. The Kier molecular flexibility index (Phi) is 6.82. The fourth-order valence-corrected chi connectivity index (χ4v) is 3.61. The normalized spacial score (nSPS) is 15.8. The zero-order valence-electron chi connectivity index (χ0n) is 16.8. The van der Waals surface area contributed by atoms with Crippen LogP contribution in [0.5, 0.6) is 0 Å². The van der Waals surface area contributed by atoms with Crippen LogP contribution in [-0.2, 0) is 13.0 Å². The molecular weight excluding hydrogens is 334 g/mol. The van der Waals surface area contributed by atoms with Crippen LogP contribution in [0.3, 0.4) is 0 Å². The number of rotatable bonds is 5. The quantitative estimate of drug-likeness (QED) is 0.653. The van der Waals surface area contributed by atoms with Gasteiger partial charge in [-0.3, -0.25) is 14.9 Å². The lowest BCUT2D eigenvalue weighted by Gasteiger charge is -2.36. The summed E-state index contributed by atoms with van der Waals surface area (Å²) in [4.78, 5) is 13.5. The fourth-order valence-electron chi connectivity index (χ4n) is 3.61. The van der Waals surface area contributed by atoms with E-state index in [1.165, 1.54) is 22.3 Å². The van der Waals surface area contributed by atoms with Crippen molar-refractivity contribution < 1.29 is 0 Å². The van der Waals surface area contributed by atoms with E-state index in [-0.39, 0.29) is 0 Å². The highest BCUT2D eigenvalue weighted by Crippen LogP contribution is 2.11. The zero-order valence-corrected chi connectivity index (χ0v) is 16.8. The molecule has 3 rings (SSSR count). The molecule has 1 aromatic heterocycles. The highest BCUT2D eigenvalue weighted by molar-refractivity contribution is 5.80. The first-order valence-corrected chi connectivity index (χ1v) is 9.78. The van der Waals surface area contributed by atoms with Crippen LogP contribution in [0.2, 0.25) is 0 Å². The van der Waals surface area contributed by atoms with Gasteiger partial charge in [-0.1, -0.05) is 29.8 Å². The summed E-state index contributed by atoms with van der Waals surface area (Å²) in [5, 5.41) is 3.52. The summed E-state index contributed by atoms with van der Waals surface area (Å²) >= 11 is 0. The minimum Gasteiger partial charge on any atom is -0.356 e. The molecule has 144 valence electrons. The molecule has 27 heavy (non-hydrogen) atoms. The predicted molar refractivity (Wildman–Crippen MR) is 112 cm³/mol. The highest BCUT2D eigenvalue weighted by Gasteiger charge is 2.19. The van der Waals surface area contributed by atoms with E-state index in [1.54, 1.807) is 0 Å². The number of hydrogen-bond donors (Lipinski definition) is 1. The summed E-state index contributed by atoms with van der Waals surface area (Å²) in [7, 11) is 1.87. The standard InChI is InChI=1S/C22H31N5/c1-18-5-4-6-20(15-18)17-26-11-13-27(14-12-26)22(23-3)25-10-8-21-7-9-24-16-19(21)2/h4-7,9,15-16H,8,10-14,17H2,1-3H3,(H,23,25). The van der Waals surface area contributed by atoms with Gasteiger partial charge in [0.1, 0.15) is 0 Å². The summed E-state index contributed by atoms with van der Waals surface area (Å²) in [6.45, 7) is 10.4. The van der Waals surface area contributed by atoms with Crippen LogP contribution < -0.4 is 5.32 Å². The second kappa shape index (κ2) is 9.51. The van der Waals surface area contributed by atoms with E-state index in [2.05, 4.69) is 69.3 Å². The lowest BCUT2D eigenvalue weighted by Crippen LogP contribution is -2.52. The number of hydrogen-bond acceptors (Lipinski definition) is 3. The predicted octanol–water partition coefficient (Wildman–Crippen LogP) is 2.63. The average Bonchev–Trinajstić information content (AvgIpc) is 2.67. The molecule has 1 aromatic carbocycles. The van der Waals surface area contributed by atoms with E-state index < -0.39 is 0 Å². The number of pyridine rings is 1. The number of aromatic nitrogens is 1. The van der Waals surface area contributed by atoms with E-state index in [1.807, 2.05) is 19.4 Å². The molecule has 1 fully saturated rings. The van der Waals surface area contributed by atoms with Gasteiger partial charge in [-0.05, 0) is 43.0 Å². The number of aliphatic imine (C=N–C) groups is 1. The van der Waals surface area contributed by atoms with Gasteiger partial charge in [-0.15, -0.1) is 0 Å². The molecule has 0 spiro atoms. The van der Waals surface area contributed by atoms with Crippen LogP contribution in [-0.4, -0.2) is 60.5 Å². The molecule has 0 unspecified atom stereocenters. The largest absolute Gasteiger partial charge is 0.356 e. The van der Waals surface area contributed by atoms with E-state index in [0.717, 1.165) is 51.6 Å². The molecule has 1 aliphatic heterocycles. The third-order valence-corrected chi connectivity index (χ3v) is 5.19. The second-order valence-electron chi connectivity index (χ2n) is 7.28. The van der Waals surface area contributed by atoms with E-state index in [4.69, 9.17) is 0 Å². The Labute approximate surface area is 163 Å². The van der Waals surface area contributed by atoms with Crippen molar-refractivity contribution >= 4 is 5.96 Å². The molecule has 0 saturated carbocycles. The monoisotopic (exact) mass is 365 g/mol. The molecule has 2 heterocycles. The fraction of sp³-hybridized carbons (Fsp3) is 0.455. The Bertz CT molecular complexity index is 763. The summed E-state index contributed by atoms with van der Waals surface area (Å²) < 4.78 is 0. The van der Waals surface area contributed by atoms with Gasteiger partial charge in [0.2, 0.25) is 0 Å². The maximum Gasteiger partial charge on any atom is 0.193 e. The Morgan fingerprint density at radius 1 is 1.15 bits per heavy atom. The van der Waals surface area contributed by atoms with Crippen molar-refractivity contribution in [2.75, 3.05) is 39.8 Å². The van der Waals surface area contributed by atoms with Crippen molar-refractivity contribution in [1.29, 1.82) is 0 Å². The molecule has 0 bridgehead atoms. The smallest absolute Gasteiger partial charge is 0.193 e. The molecule has 1 N–H and O–H groups in total. The lowest BCUT2D eigenvalue weighted by atomic mass is 10.1. The summed E-state index contributed by atoms with van der Waals surface area (Å²) in [5.41, 5.74) is 5.33. The first kappa shape index (κ1) is 19.4. The SMILES string of the molecule is CN=C(NCCc1ccncc1C)N1CCN(Cc2cccc(C)c2)CC1. The van der Waals surface area contributed by atoms with E-state index in [9.17, 15) is 0 Å². The topological polar surface area (TPSA) is 43.8 Å². The third kappa shape index (κ3) is 5.54. The molecule has 0 aliphatic carbocycles. The number of guanidine groups is 1. The maximum absolute atomic E-state index is 4.49. The van der Waals surface area contributed by atoms with Gasteiger partial charge in [-0.25, -0.2) is 0 Å². The van der Waals surface area contributed by atoms with Crippen molar-refractivity contribution in [3.63, 3.8) is 0 Å². The van der Waals surface area contributed by atoms with Crippen LogP contribution in [0.1, 0.15) is 22.3 Å². The molecule has 1 saturated heterocycles. The van der Waals surface area contributed by atoms with Crippen LogP contribution in [0.15, 0.2) is 47.7 Å². The first-order valence-electron chi connectivity index (χ1n) is 9.78. The maximum atomic E-state index is 4.49. The minimum atomic E-state index is 0.890. The molecule has 1 aliphatic rings. The van der Waals surface area contributed by atoms with Gasteiger partial charge in [0.05, 0.1) is 0 Å². The second-order valence-corrected chi connectivity index (χ2v) is 7.28. The molecule has 0 atom stereocenters. The molecule has 0 amide bonds. The molecule has 2 aromatic rings. The molecule has 5 nitrogen and oxygen atoms in total. The number of piperazine rings is 1. The van der Waals surface area contributed by atoms with Crippen molar-refractivity contribution in [3.8, 4) is 0 Å². The number of nitrogens with one attached hydrogen (secondary N) is 1. The summed E-state index contributed by atoms with van der Waals surface area (Å²) in [6.07, 6.45) is 4.78. The Morgan fingerprint density at radius 2 is 1.96 bits per heavy atom. The Hall–Kier alpha value is -2.40. The minimum absolute atomic E-state index is 0.890. The van der Waals surface area contributed by atoms with Crippen molar-refractivity contribution in [1.82, 2.24) is 20.1 Å². The third-order valence-electron chi connectivity index (χ3n) is 5.19. The van der Waals surface area contributed by atoms with Crippen LogP contribution in [0, 0.1) is 13.8 Å². The van der Waals surface area contributed by atoms with Crippen LogP contribution >= 0.6 is 0 Å². The van der Waals surface area contributed by atoms with Crippen molar-refractivity contribution in [2.45, 2.75) is 26.8 Å². The van der Waals surface area contributed by atoms with Crippen LogP contribution in [0.4, 0.5) is 0 Å². The number of benzene rings is 1. The van der Waals surface area contributed by atoms with Gasteiger partial charge in [0.25, 0.3) is 0 Å². The average molecular weight is 366 g/mol. The van der Waals surface area contributed by atoms with Crippen LogP contribution in [0.25, 0.3) is 0 Å². The van der Waals surface area contributed by atoms with E-state index >= 15 is 0 Å². The Balaban J connectivity index is 1.45. The van der Waals surface area contributed by atoms with Gasteiger partial charge < -0.3 is 10.2 Å². The first-order chi connectivity index (χ1) is 13.2. The van der Waals surface area contributed by atoms with Gasteiger partial charge in [0.15, 0.2) is 5.96 Å². The highest BCUT2D eigenvalue weighted by atomic mass is 15.3. The van der Waals surface area contributed by atoms with Gasteiger partial charge >= 0.3 is 0 Å². The Morgan fingerprint density at radius 3 is 2.67 bits per heavy atom. The van der Waals surface area contributed by atoms with Crippen molar-refractivity contribution in [3.05, 3.63) is 65.0 Å². The van der Waals surface area contributed by atoms with E-state index in [0.29, 0.717) is 0 Å².